The maximum atomic E-state index is 12.5. The second-order valence-corrected chi connectivity index (χ2v) is 8.23. The molecule has 0 fully saturated rings. The molecule has 0 radical (unpaired) electrons. The van der Waals surface area contributed by atoms with Crippen LogP contribution < -0.4 is 9.73 Å². The van der Waals surface area contributed by atoms with Gasteiger partial charge in [0.05, 0.1) is 18.2 Å². The van der Waals surface area contributed by atoms with Crippen molar-refractivity contribution in [2.45, 2.75) is 13.0 Å². The highest BCUT2D eigenvalue weighted by molar-refractivity contribution is 7.92. The van der Waals surface area contributed by atoms with E-state index in [1.165, 1.54) is 6.92 Å². The molecule has 0 aliphatic carbocycles. The summed E-state index contributed by atoms with van der Waals surface area (Å²) in [6.45, 7) is 1.52. The van der Waals surface area contributed by atoms with Crippen LogP contribution in [0.4, 0.5) is 5.69 Å². The Kier molecular flexibility index (Phi) is 5.75. The fourth-order valence-electron chi connectivity index (χ4n) is 3.01. The van der Waals surface area contributed by atoms with Gasteiger partial charge < -0.3 is 0 Å². The Morgan fingerprint density at radius 3 is 2.36 bits per heavy atom. The molecule has 1 atom stereocenters. The van der Waals surface area contributed by atoms with Crippen LogP contribution in [-0.2, 0) is 14.8 Å². The maximum Gasteiger partial charge on any atom is 0.263 e. The molecule has 3 aromatic carbocycles. The lowest BCUT2D eigenvalue weighted by Crippen LogP contribution is -2.46. The van der Waals surface area contributed by atoms with Crippen molar-refractivity contribution in [2.24, 2.45) is 5.10 Å². The minimum absolute atomic E-state index is 0.422. The molecule has 0 saturated carbocycles. The Balaban J connectivity index is 1.78. The van der Waals surface area contributed by atoms with Crippen molar-refractivity contribution >= 4 is 38.6 Å². The summed E-state index contributed by atoms with van der Waals surface area (Å²) < 4.78 is 25.5. The van der Waals surface area contributed by atoms with Crippen LogP contribution in [-0.4, -0.2) is 32.8 Å². The number of carbonyl (C=O) groups is 1. The molecule has 0 heterocycles. The number of para-hydroxylation sites is 1. The van der Waals surface area contributed by atoms with Crippen LogP contribution in [0.2, 0.25) is 0 Å². The zero-order chi connectivity index (χ0) is 20.1. The first-order valence-corrected chi connectivity index (χ1v) is 10.6. The van der Waals surface area contributed by atoms with Crippen LogP contribution in [0.1, 0.15) is 12.5 Å². The number of rotatable bonds is 6. The minimum atomic E-state index is -3.65. The zero-order valence-corrected chi connectivity index (χ0v) is 16.4. The third kappa shape index (κ3) is 4.37. The monoisotopic (exact) mass is 395 g/mol. The Morgan fingerprint density at radius 2 is 1.64 bits per heavy atom. The summed E-state index contributed by atoms with van der Waals surface area (Å²) in [4.78, 5) is 12.5. The zero-order valence-electron chi connectivity index (χ0n) is 15.6. The number of benzene rings is 3. The Morgan fingerprint density at radius 1 is 1.00 bits per heavy atom. The minimum Gasteiger partial charge on any atom is -0.271 e. The summed E-state index contributed by atoms with van der Waals surface area (Å²) in [6.07, 6.45) is 2.63. The number of hydrogen-bond acceptors (Lipinski definition) is 4. The van der Waals surface area contributed by atoms with E-state index in [-0.39, 0.29) is 0 Å². The largest absolute Gasteiger partial charge is 0.271 e. The highest BCUT2D eigenvalue weighted by Crippen LogP contribution is 2.20. The van der Waals surface area contributed by atoms with E-state index in [0.717, 1.165) is 26.9 Å². The normalized spacial score (nSPS) is 12.8. The Labute approximate surface area is 164 Å². The van der Waals surface area contributed by atoms with Gasteiger partial charge in [0.25, 0.3) is 5.91 Å². The predicted octanol–water partition coefficient (Wildman–Crippen LogP) is 3.14. The van der Waals surface area contributed by atoms with Gasteiger partial charge in [-0.25, -0.2) is 13.8 Å². The van der Waals surface area contributed by atoms with E-state index in [0.29, 0.717) is 5.69 Å². The van der Waals surface area contributed by atoms with Crippen LogP contribution >= 0.6 is 0 Å². The number of nitrogens with one attached hydrogen (secondary N) is 1. The van der Waals surface area contributed by atoms with Crippen molar-refractivity contribution in [3.63, 3.8) is 0 Å². The predicted molar refractivity (Wildman–Crippen MR) is 113 cm³/mol. The van der Waals surface area contributed by atoms with E-state index in [9.17, 15) is 13.2 Å². The molecule has 7 heteroatoms. The molecule has 1 N–H and O–H groups in total. The van der Waals surface area contributed by atoms with Gasteiger partial charge in [0.1, 0.15) is 6.04 Å². The van der Waals surface area contributed by atoms with Crippen molar-refractivity contribution in [1.29, 1.82) is 0 Å². The van der Waals surface area contributed by atoms with E-state index in [2.05, 4.69) is 10.5 Å². The van der Waals surface area contributed by atoms with Gasteiger partial charge in [0.2, 0.25) is 10.0 Å². The molecular formula is C21H21N3O3S. The number of fused-ring (bicyclic) bond motifs is 1. The molecule has 6 nitrogen and oxygen atoms in total. The van der Waals surface area contributed by atoms with Crippen LogP contribution in [0.15, 0.2) is 77.9 Å². The summed E-state index contributed by atoms with van der Waals surface area (Å²) >= 11 is 0. The van der Waals surface area contributed by atoms with E-state index >= 15 is 0 Å². The lowest BCUT2D eigenvalue weighted by Gasteiger charge is -2.27. The summed E-state index contributed by atoms with van der Waals surface area (Å²) in [5.74, 6) is -0.522. The van der Waals surface area contributed by atoms with E-state index in [4.69, 9.17) is 0 Å². The molecule has 144 valence electrons. The maximum absolute atomic E-state index is 12.5. The van der Waals surface area contributed by atoms with Crippen LogP contribution in [0.3, 0.4) is 0 Å². The average molecular weight is 395 g/mol. The quantitative estimate of drug-likeness (QED) is 0.514. The molecule has 3 aromatic rings. The second kappa shape index (κ2) is 8.22. The van der Waals surface area contributed by atoms with Gasteiger partial charge in [-0.2, -0.15) is 5.10 Å². The standard InChI is InChI=1S/C21H21N3O3S/c1-16(24(28(2,26)27)19-12-4-3-5-13-19)21(25)23-22-15-18-11-8-10-17-9-6-7-14-20(17)18/h3-16H,1-2H3,(H,23,25)/b22-15-/t16-/m1/s1. The molecule has 0 unspecified atom stereocenters. The Bertz CT molecular complexity index is 1110. The number of hydrogen-bond donors (Lipinski definition) is 1. The van der Waals surface area contributed by atoms with E-state index in [1.54, 1.807) is 36.5 Å². The molecule has 0 saturated heterocycles. The smallest absolute Gasteiger partial charge is 0.263 e. The highest BCUT2D eigenvalue weighted by Gasteiger charge is 2.28. The summed E-state index contributed by atoms with van der Waals surface area (Å²) in [6, 6.07) is 21.2. The fraction of sp³-hybridized carbons (Fsp3) is 0.143. The molecule has 0 aromatic heterocycles. The van der Waals surface area contributed by atoms with Crippen LogP contribution in [0.25, 0.3) is 10.8 Å². The first kappa shape index (κ1) is 19.6. The van der Waals surface area contributed by atoms with Crippen molar-refractivity contribution < 1.29 is 13.2 Å². The van der Waals surface area contributed by atoms with Gasteiger partial charge in [0, 0.05) is 5.56 Å². The molecule has 0 aliphatic rings. The molecule has 1 amide bonds. The summed E-state index contributed by atoms with van der Waals surface area (Å²) in [5.41, 5.74) is 3.72. The number of hydrazone groups is 1. The van der Waals surface area contributed by atoms with Crippen LogP contribution in [0.5, 0.6) is 0 Å². The Hall–Kier alpha value is -3.19. The first-order chi connectivity index (χ1) is 13.4. The lowest BCUT2D eigenvalue weighted by molar-refractivity contribution is -0.121. The molecule has 3 rings (SSSR count). The van der Waals surface area contributed by atoms with Crippen molar-refractivity contribution in [3.8, 4) is 0 Å². The van der Waals surface area contributed by atoms with E-state index in [1.807, 2.05) is 42.5 Å². The van der Waals surface area contributed by atoms with Crippen molar-refractivity contribution in [2.75, 3.05) is 10.6 Å². The van der Waals surface area contributed by atoms with Gasteiger partial charge >= 0.3 is 0 Å². The van der Waals surface area contributed by atoms with Gasteiger partial charge in [-0.3, -0.25) is 9.10 Å². The second-order valence-electron chi connectivity index (χ2n) is 6.37. The van der Waals surface area contributed by atoms with Crippen LogP contribution in [0, 0.1) is 0 Å². The van der Waals surface area contributed by atoms with Gasteiger partial charge in [-0.05, 0) is 29.8 Å². The number of anilines is 1. The topological polar surface area (TPSA) is 78.8 Å². The molecule has 0 bridgehead atoms. The first-order valence-electron chi connectivity index (χ1n) is 8.73. The number of amides is 1. The SMILES string of the molecule is C[C@H](C(=O)N/N=C\c1cccc2ccccc12)N(c1ccccc1)S(C)(=O)=O. The number of sulfonamides is 1. The highest BCUT2D eigenvalue weighted by atomic mass is 32.2. The fourth-order valence-corrected chi connectivity index (χ4v) is 4.18. The van der Waals surface area contributed by atoms with Gasteiger partial charge in [-0.1, -0.05) is 60.7 Å². The van der Waals surface area contributed by atoms with Gasteiger partial charge in [-0.15, -0.1) is 0 Å². The van der Waals surface area contributed by atoms with Crippen molar-refractivity contribution in [3.05, 3.63) is 78.4 Å². The number of carbonyl (C=O) groups excluding carboxylic acids is 1. The number of nitrogens with zero attached hydrogens (tertiary/aromatic N) is 2. The molecule has 0 spiro atoms. The lowest BCUT2D eigenvalue weighted by atomic mass is 10.1. The molecular weight excluding hydrogens is 374 g/mol. The van der Waals surface area contributed by atoms with Gasteiger partial charge in [0.15, 0.2) is 0 Å². The third-order valence-corrected chi connectivity index (χ3v) is 5.54. The van der Waals surface area contributed by atoms with E-state index < -0.39 is 22.0 Å². The summed E-state index contributed by atoms with van der Waals surface area (Å²) in [5, 5.41) is 6.10. The van der Waals surface area contributed by atoms with Crippen molar-refractivity contribution in [1.82, 2.24) is 5.43 Å². The average Bonchev–Trinajstić information content (AvgIpc) is 2.68. The molecule has 28 heavy (non-hydrogen) atoms. The summed E-state index contributed by atoms with van der Waals surface area (Å²) in [7, 11) is -3.65. The third-order valence-electron chi connectivity index (χ3n) is 4.30. The molecule has 0 aliphatic heterocycles.